The minimum absolute atomic E-state index is 0.160. The molecule has 2 rings (SSSR count). The number of aliphatic hydroxyl groups excluding tert-OH is 1. The lowest BCUT2D eigenvalue weighted by molar-refractivity contribution is 0.289. The van der Waals surface area contributed by atoms with Crippen molar-refractivity contribution in [3.63, 3.8) is 0 Å². The van der Waals surface area contributed by atoms with E-state index < -0.39 is 0 Å². The maximum atomic E-state index is 9.48. The zero-order chi connectivity index (χ0) is 15.2. The van der Waals surface area contributed by atoms with Gasteiger partial charge in [-0.2, -0.15) is 0 Å². The van der Waals surface area contributed by atoms with Gasteiger partial charge in [0.05, 0.1) is 6.61 Å². The number of hydrogen-bond acceptors (Lipinski definition) is 5. The van der Waals surface area contributed by atoms with E-state index in [0.717, 1.165) is 17.2 Å². The Morgan fingerprint density at radius 2 is 2.00 bits per heavy atom. The summed E-state index contributed by atoms with van der Waals surface area (Å²) in [4.78, 5) is 11.2. The molecule has 1 saturated carbocycles. The van der Waals surface area contributed by atoms with Gasteiger partial charge in [-0.05, 0) is 18.8 Å². The van der Waals surface area contributed by atoms with Gasteiger partial charge in [0.15, 0.2) is 0 Å². The lowest BCUT2D eigenvalue weighted by Gasteiger charge is -2.36. The fourth-order valence-corrected chi connectivity index (χ4v) is 3.31. The third-order valence-corrected chi connectivity index (χ3v) is 4.31. The molecule has 5 nitrogen and oxygen atoms in total. The molecular formula is C16H28N4O. The maximum absolute atomic E-state index is 9.48. The van der Waals surface area contributed by atoms with Crippen molar-refractivity contribution in [2.24, 2.45) is 0 Å². The largest absolute Gasteiger partial charge is 0.395 e. The van der Waals surface area contributed by atoms with Gasteiger partial charge in [0.2, 0.25) is 0 Å². The van der Waals surface area contributed by atoms with E-state index >= 15 is 0 Å². The fraction of sp³-hybridized carbons (Fsp3) is 0.750. The van der Waals surface area contributed by atoms with E-state index in [2.05, 4.69) is 34.0 Å². The summed E-state index contributed by atoms with van der Waals surface area (Å²) in [5.41, 5.74) is 1.15. The van der Waals surface area contributed by atoms with Crippen molar-refractivity contribution in [1.29, 1.82) is 0 Å². The van der Waals surface area contributed by atoms with E-state index in [1.54, 1.807) is 6.33 Å². The Hall–Kier alpha value is -1.36. The standard InChI is InChI=1S/C16H28N4O/c1-12(2)14-15(17-3)18-11-19-16(14)20(9-10-21)13-7-5-4-6-8-13/h11-13,21H,4-10H2,1-3H3,(H,17,18,19). The molecule has 1 aliphatic carbocycles. The zero-order valence-electron chi connectivity index (χ0n) is 13.5. The van der Waals surface area contributed by atoms with Crippen LogP contribution in [0.15, 0.2) is 6.33 Å². The van der Waals surface area contributed by atoms with E-state index in [0.29, 0.717) is 18.5 Å². The Bertz CT molecular complexity index is 444. The van der Waals surface area contributed by atoms with Crippen molar-refractivity contribution in [3.8, 4) is 0 Å². The Balaban J connectivity index is 2.38. The third kappa shape index (κ3) is 3.64. The molecule has 0 saturated heterocycles. The van der Waals surface area contributed by atoms with Crippen LogP contribution in [0.5, 0.6) is 0 Å². The molecule has 1 aliphatic rings. The summed E-state index contributed by atoms with van der Waals surface area (Å²) >= 11 is 0. The smallest absolute Gasteiger partial charge is 0.137 e. The minimum Gasteiger partial charge on any atom is -0.395 e. The number of hydrogen-bond donors (Lipinski definition) is 2. The molecule has 0 radical (unpaired) electrons. The summed E-state index contributed by atoms with van der Waals surface area (Å²) < 4.78 is 0. The first-order valence-electron chi connectivity index (χ1n) is 8.09. The summed E-state index contributed by atoms with van der Waals surface area (Å²) in [6.45, 7) is 5.14. The fourth-order valence-electron chi connectivity index (χ4n) is 3.31. The lowest BCUT2D eigenvalue weighted by Crippen LogP contribution is -2.40. The molecule has 1 fully saturated rings. The molecule has 118 valence electrons. The van der Waals surface area contributed by atoms with Gasteiger partial charge in [0.25, 0.3) is 0 Å². The Morgan fingerprint density at radius 1 is 1.29 bits per heavy atom. The molecule has 1 heterocycles. The Morgan fingerprint density at radius 3 is 2.57 bits per heavy atom. The highest BCUT2D eigenvalue weighted by Gasteiger charge is 2.26. The highest BCUT2D eigenvalue weighted by Crippen LogP contribution is 2.34. The molecule has 0 aliphatic heterocycles. The number of anilines is 2. The Kier molecular flexibility index (Phi) is 5.79. The molecular weight excluding hydrogens is 264 g/mol. The van der Waals surface area contributed by atoms with E-state index in [1.807, 2.05) is 7.05 Å². The SMILES string of the molecule is CNc1ncnc(N(CCO)C2CCCCC2)c1C(C)C. The van der Waals surface area contributed by atoms with Crippen LogP contribution in [-0.4, -0.2) is 41.3 Å². The minimum atomic E-state index is 0.160. The van der Waals surface area contributed by atoms with Crippen LogP contribution < -0.4 is 10.2 Å². The molecule has 0 spiro atoms. The van der Waals surface area contributed by atoms with E-state index in [-0.39, 0.29) is 6.61 Å². The van der Waals surface area contributed by atoms with Crippen LogP contribution in [-0.2, 0) is 0 Å². The first-order chi connectivity index (χ1) is 10.2. The summed E-state index contributed by atoms with van der Waals surface area (Å²) in [7, 11) is 1.90. The molecule has 0 unspecified atom stereocenters. The van der Waals surface area contributed by atoms with Gasteiger partial charge in [0, 0.05) is 25.2 Å². The van der Waals surface area contributed by atoms with Crippen LogP contribution in [0.3, 0.4) is 0 Å². The molecule has 0 atom stereocenters. The van der Waals surface area contributed by atoms with Crippen LogP contribution in [0.1, 0.15) is 57.4 Å². The summed E-state index contributed by atoms with van der Waals surface area (Å²) in [6.07, 6.45) is 7.88. The number of nitrogens with one attached hydrogen (secondary N) is 1. The molecule has 0 aromatic carbocycles. The average Bonchev–Trinajstić information content (AvgIpc) is 2.52. The van der Waals surface area contributed by atoms with Crippen molar-refractivity contribution in [1.82, 2.24) is 9.97 Å². The quantitative estimate of drug-likeness (QED) is 0.844. The second-order valence-electron chi connectivity index (χ2n) is 6.07. The average molecular weight is 292 g/mol. The number of aliphatic hydroxyl groups is 1. The van der Waals surface area contributed by atoms with Crippen LogP contribution in [0.4, 0.5) is 11.6 Å². The highest BCUT2D eigenvalue weighted by atomic mass is 16.3. The van der Waals surface area contributed by atoms with Crippen molar-refractivity contribution in [3.05, 3.63) is 11.9 Å². The van der Waals surface area contributed by atoms with E-state index in [9.17, 15) is 5.11 Å². The number of rotatable bonds is 6. The van der Waals surface area contributed by atoms with Crippen LogP contribution >= 0.6 is 0 Å². The van der Waals surface area contributed by atoms with Gasteiger partial charge >= 0.3 is 0 Å². The second-order valence-corrected chi connectivity index (χ2v) is 6.07. The lowest BCUT2D eigenvalue weighted by atomic mass is 9.93. The van der Waals surface area contributed by atoms with Crippen LogP contribution in [0.2, 0.25) is 0 Å². The van der Waals surface area contributed by atoms with Gasteiger partial charge < -0.3 is 15.3 Å². The van der Waals surface area contributed by atoms with Crippen molar-refractivity contribution >= 4 is 11.6 Å². The van der Waals surface area contributed by atoms with Crippen molar-refractivity contribution in [2.75, 3.05) is 30.4 Å². The molecule has 1 aromatic rings. The number of aromatic nitrogens is 2. The third-order valence-electron chi connectivity index (χ3n) is 4.31. The summed E-state index contributed by atoms with van der Waals surface area (Å²) in [5.74, 6) is 2.23. The molecule has 21 heavy (non-hydrogen) atoms. The summed E-state index contributed by atoms with van der Waals surface area (Å²) in [5, 5.41) is 12.7. The van der Waals surface area contributed by atoms with Gasteiger partial charge in [-0.25, -0.2) is 9.97 Å². The zero-order valence-corrected chi connectivity index (χ0v) is 13.5. The molecule has 0 bridgehead atoms. The predicted octanol–water partition coefficient (Wildman–Crippen LogP) is 2.77. The highest BCUT2D eigenvalue weighted by molar-refractivity contribution is 5.60. The normalized spacial score (nSPS) is 16.2. The molecule has 1 aromatic heterocycles. The molecule has 2 N–H and O–H groups in total. The van der Waals surface area contributed by atoms with Gasteiger partial charge in [-0.1, -0.05) is 33.1 Å². The first kappa shape index (κ1) is 16.0. The van der Waals surface area contributed by atoms with Gasteiger partial charge in [-0.15, -0.1) is 0 Å². The van der Waals surface area contributed by atoms with Crippen molar-refractivity contribution < 1.29 is 5.11 Å². The van der Waals surface area contributed by atoms with Crippen LogP contribution in [0, 0.1) is 0 Å². The van der Waals surface area contributed by atoms with E-state index in [1.165, 1.54) is 32.1 Å². The molecule has 0 amide bonds. The topological polar surface area (TPSA) is 61.3 Å². The first-order valence-corrected chi connectivity index (χ1v) is 8.09. The Labute approximate surface area is 127 Å². The monoisotopic (exact) mass is 292 g/mol. The number of nitrogens with zero attached hydrogens (tertiary/aromatic N) is 3. The summed E-state index contributed by atoms with van der Waals surface area (Å²) in [6, 6.07) is 0.489. The van der Waals surface area contributed by atoms with E-state index in [4.69, 9.17) is 0 Å². The second kappa shape index (κ2) is 7.59. The van der Waals surface area contributed by atoms with Crippen molar-refractivity contribution in [2.45, 2.75) is 57.9 Å². The van der Waals surface area contributed by atoms with Gasteiger partial charge in [0.1, 0.15) is 18.0 Å². The van der Waals surface area contributed by atoms with Crippen LogP contribution in [0.25, 0.3) is 0 Å². The predicted molar refractivity (Wildman–Crippen MR) is 87.0 cm³/mol. The van der Waals surface area contributed by atoms with Gasteiger partial charge in [-0.3, -0.25) is 0 Å². The maximum Gasteiger partial charge on any atom is 0.137 e. The molecule has 5 heteroatoms.